The molecule has 1 rings (SSSR count). The Morgan fingerprint density at radius 1 is 1.25 bits per heavy atom. The van der Waals surface area contributed by atoms with E-state index in [0.717, 1.165) is 6.04 Å². The number of aliphatic imine (C=N–C) groups is 1. The fourth-order valence-electron chi connectivity index (χ4n) is 2.15. The van der Waals surface area contributed by atoms with Crippen molar-refractivity contribution in [3.05, 3.63) is 0 Å². The molecule has 0 aliphatic heterocycles. The largest absolute Gasteiger partial charge is 0.306 e. The molecule has 70 valence electrons. The zero-order valence-corrected chi connectivity index (χ0v) is 8.45. The van der Waals surface area contributed by atoms with Crippen molar-refractivity contribution in [2.45, 2.75) is 31.7 Å². The molecule has 0 N–H and O–H groups in total. The zero-order valence-electron chi connectivity index (χ0n) is 8.45. The highest BCUT2D eigenvalue weighted by atomic mass is 15.1. The fourth-order valence-corrected chi connectivity index (χ4v) is 2.15. The minimum absolute atomic E-state index is 0.693. The topological polar surface area (TPSA) is 15.6 Å². The molecule has 0 amide bonds. The molecule has 0 bridgehead atoms. The predicted molar refractivity (Wildman–Crippen MR) is 53.8 cm³/mol. The van der Waals surface area contributed by atoms with Gasteiger partial charge in [0, 0.05) is 25.2 Å². The molecule has 0 aromatic rings. The molecule has 1 unspecified atom stereocenters. The van der Waals surface area contributed by atoms with E-state index >= 15 is 0 Å². The highest BCUT2D eigenvalue weighted by Crippen LogP contribution is 2.25. The summed E-state index contributed by atoms with van der Waals surface area (Å²) >= 11 is 0. The van der Waals surface area contributed by atoms with Gasteiger partial charge in [-0.1, -0.05) is 12.8 Å². The minimum Gasteiger partial charge on any atom is -0.306 e. The smallest absolute Gasteiger partial charge is 0.0273 e. The summed E-state index contributed by atoms with van der Waals surface area (Å²) in [6, 6.07) is 0.724. The molecule has 0 spiro atoms. The van der Waals surface area contributed by atoms with E-state index in [0.29, 0.717) is 5.92 Å². The van der Waals surface area contributed by atoms with Crippen molar-refractivity contribution < 1.29 is 0 Å². The van der Waals surface area contributed by atoms with Crippen molar-refractivity contribution in [2.75, 3.05) is 21.1 Å². The van der Waals surface area contributed by atoms with Gasteiger partial charge in [-0.25, -0.2) is 0 Å². The molecule has 0 heterocycles. The van der Waals surface area contributed by atoms with Gasteiger partial charge >= 0.3 is 0 Å². The third kappa shape index (κ3) is 2.31. The van der Waals surface area contributed by atoms with Gasteiger partial charge in [0.2, 0.25) is 0 Å². The van der Waals surface area contributed by atoms with Gasteiger partial charge in [0.1, 0.15) is 0 Å². The van der Waals surface area contributed by atoms with Crippen LogP contribution >= 0.6 is 0 Å². The van der Waals surface area contributed by atoms with Gasteiger partial charge in [-0.15, -0.1) is 0 Å². The van der Waals surface area contributed by atoms with Gasteiger partial charge in [-0.3, -0.25) is 0 Å². The molecule has 2 atom stereocenters. The van der Waals surface area contributed by atoms with E-state index < -0.39 is 0 Å². The molecule has 2 nitrogen and oxygen atoms in total. The van der Waals surface area contributed by atoms with Gasteiger partial charge in [0.25, 0.3) is 0 Å². The Morgan fingerprint density at radius 3 is 2.50 bits per heavy atom. The van der Waals surface area contributed by atoms with E-state index in [-0.39, 0.29) is 0 Å². The molecule has 12 heavy (non-hydrogen) atoms. The quantitative estimate of drug-likeness (QED) is 0.574. The van der Waals surface area contributed by atoms with Crippen molar-refractivity contribution in [2.24, 2.45) is 10.9 Å². The summed E-state index contributed by atoms with van der Waals surface area (Å²) in [5, 5.41) is 0. The highest BCUT2D eigenvalue weighted by Gasteiger charge is 2.24. The van der Waals surface area contributed by atoms with Crippen LogP contribution in [0.3, 0.4) is 0 Å². The van der Waals surface area contributed by atoms with Crippen LogP contribution in [0.1, 0.15) is 25.7 Å². The normalized spacial score (nSPS) is 31.7. The monoisotopic (exact) mass is 168 g/mol. The summed E-state index contributed by atoms with van der Waals surface area (Å²) in [6.45, 7) is 0. The second-order valence-corrected chi connectivity index (χ2v) is 3.89. The maximum Gasteiger partial charge on any atom is 0.0273 e. The lowest BCUT2D eigenvalue weighted by atomic mass is 9.85. The summed E-state index contributed by atoms with van der Waals surface area (Å²) in [6.07, 6.45) is 7.55. The van der Waals surface area contributed by atoms with Crippen LogP contribution in [-0.4, -0.2) is 38.3 Å². The first-order chi connectivity index (χ1) is 5.75. The third-order valence-corrected chi connectivity index (χ3v) is 2.79. The third-order valence-electron chi connectivity index (χ3n) is 2.79. The second-order valence-electron chi connectivity index (χ2n) is 3.89. The average Bonchev–Trinajstić information content (AvgIpc) is 2.05. The van der Waals surface area contributed by atoms with Crippen molar-refractivity contribution in [1.82, 2.24) is 4.90 Å². The highest BCUT2D eigenvalue weighted by molar-refractivity contribution is 5.61. The van der Waals surface area contributed by atoms with Crippen LogP contribution in [0.4, 0.5) is 0 Å². The molecule has 1 aliphatic rings. The summed E-state index contributed by atoms with van der Waals surface area (Å²) in [4.78, 5) is 6.48. The van der Waals surface area contributed by atoms with Crippen molar-refractivity contribution >= 4 is 6.21 Å². The Kier molecular flexibility index (Phi) is 3.73. The van der Waals surface area contributed by atoms with Crippen LogP contribution in [0, 0.1) is 5.92 Å². The van der Waals surface area contributed by atoms with Gasteiger partial charge in [-0.05, 0) is 26.9 Å². The SMILES string of the molecule is C/N=C/C1CCCC[C@@H]1N(C)C. The summed E-state index contributed by atoms with van der Waals surface area (Å²) < 4.78 is 0. The molecule has 1 saturated carbocycles. The van der Waals surface area contributed by atoms with Gasteiger partial charge < -0.3 is 9.89 Å². The first kappa shape index (κ1) is 9.72. The lowest BCUT2D eigenvalue weighted by Crippen LogP contribution is -2.38. The summed E-state index contributed by atoms with van der Waals surface area (Å²) in [7, 11) is 6.22. The molecule has 1 aliphatic carbocycles. The summed E-state index contributed by atoms with van der Waals surface area (Å²) in [5.74, 6) is 0.693. The van der Waals surface area contributed by atoms with Crippen LogP contribution in [-0.2, 0) is 0 Å². The Balaban J connectivity index is 2.54. The van der Waals surface area contributed by atoms with E-state index in [4.69, 9.17) is 0 Å². The first-order valence-corrected chi connectivity index (χ1v) is 4.84. The molecular formula is C10H20N2. The van der Waals surface area contributed by atoms with Crippen LogP contribution in [0.25, 0.3) is 0 Å². The first-order valence-electron chi connectivity index (χ1n) is 4.84. The molecule has 0 saturated heterocycles. The molecule has 0 aromatic carbocycles. The Bertz CT molecular complexity index is 152. The Morgan fingerprint density at radius 2 is 1.92 bits per heavy atom. The van der Waals surface area contributed by atoms with E-state index in [2.05, 4.69) is 30.2 Å². The van der Waals surface area contributed by atoms with Crippen molar-refractivity contribution in [3.8, 4) is 0 Å². The van der Waals surface area contributed by atoms with E-state index in [1.807, 2.05) is 7.05 Å². The maximum absolute atomic E-state index is 4.14. The van der Waals surface area contributed by atoms with Crippen LogP contribution in [0.5, 0.6) is 0 Å². The number of hydrogen-bond acceptors (Lipinski definition) is 2. The predicted octanol–water partition coefficient (Wildman–Crippen LogP) is 1.81. The zero-order chi connectivity index (χ0) is 8.97. The van der Waals surface area contributed by atoms with E-state index in [1.165, 1.54) is 25.7 Å². The van der Waals surface area contributed by atoms with E-state index in [1.54, 1.807) is 0 Å². The average molecular weight is 168 g/mol. The van der Waals surface area contributed by atoms with E-state index in [9.17, 15) is 0 Å². The van der Waals surface area contributed by atoms with Crippen LogP contribution < -0.4 is 0 Å². The van der Waals surface area contributed by atoms with Crippen molar-refractivity contribution in [1.29, 1.82) is 0 Å². The standard InChI is InChI=1S/C10H20N2/c1-11-8-9-6-4-5-7-10(9)12(2)3/h8-10H,4-7H2,1-3H3/b11-8+/t9?,10-/m0/s1. The lowest BCUT2D eigenvalue weighted by Gasteiger charge is -2.33. The van der Waals surface area contributed by atoms with Gasteiger partial charge in [0.15, 0.2) is 0 Å². The minimum atomic E-state index is 0.693. The van der Waals surface area contributed by atoms with Crippen LogP contribution in [0.2, 0.25) is 0 Å². The van der Waals surface area contributed by atoms with Crippen molar-refractivity contribution in [3.63, 3.8) is 0 Å². The van der Waals surface area contributed by atoms with Gasteiger partial charge in [0.05, 0.1) is 0 Å². The van der Waals surface area contributed by atoms with Crippen LogP contribution in [0.15, 0.2) is 4.99 Å². The van der Waals surface area contributed by atoms with Gasteiger partial charge in [-0.2, -0.15) is 0 Å². The maximum atomic E-state index is 4.14. The molecular weight excluding hydrogens is 148 g/mol. The summed E-state index contributed by atoms with van der Waals surface area (Å²) in [5.41, 5.74) is 0. The molecule has 1 fully saturated rings. The molecule has 0 aromatic heterocycles. The number of rotatable bonds is 2. The number of hydrogen-bond donors (Lipinski definition) is 0. The molecule has 0 radical (unpaired) electrons. The Hall–Kier alpha value is -0.370. The lowest BCUT2D eigenvalue weighted by molar-refractivity contribution is 0.197. The Labute approximate surface area is 75.7 Å². The fraction of sp³-hybridized carbons (Fsp3) is 0.900. The number of nitrogens with zero attached hydrogens (tertiary/aromatic N) is 2. The second kappa shape index (κ2) is 4.61. The molecule has 2 heteroatoms.